The van der Waals surface area contributed by atoms with Crippen LogP contribution in [0.4, 0.5) is 11.4 Å². The number of hydrogen-bond donors (Lipinski definition) is 1. The molecule has 132 valence electrons. The molecule has 0 saturated heterocycles. The van der Waals surface area contributed by atoms with Crippen molar-refractivity contribution in [2.75, 3.05) is 26.0 Å². The first-order valence-corrected chi connectivity index (χ1v) is 7.89. The summed E-state index contributed by atoms with van der Waals surface area (Å²) in [7, 11) is 3.33. The van der Waals surface area contributed by atoms with Crippen LogP contribution in [0.3, 0.4) is 0 Å². The van der Waals surface area contributed by atoms with Gasteiger partial charge in [-0.15, -0.1) is 0 Å². The third-order valence-electron chi connectivity index (χ3n) is 3.71. The van der Waals surface area contributed by atoms with Gasteiger partial charge in [-0.05, 0) is 30.7 Å². The molecule has 2 rings (SSSR count). The van der Waals surface area contributed by atoms with Gasteiger partial charge in [0.2, 0.25) is 0 Å². The zero-order chi connectivity index (χ0) is 18.4. The summed E-state index contributed by atoms with van der Waals surface area (Å²) in [5.41, 5.74) is 1.65. The first kappa shape index (κ1) is 18.3. The Bertz CT molecular complexity index is 759. The number of ether oxygens (including phenoxy) is 1. The Kier molecular flexibility index (Phi) is 5.94. The molecule has 7 heteroatoms. The Hall–Kier alpha value is -3.09. The van der Waals surface area contributed by atoms with Crippen LogP contribution in [0.1, 0.15) is 22.8 Å². The Balaban J connectivity index is 2.18. The maximum atomic E-state index is 12.7. The molecule has 2 aromatic carbocycles. The molecule has 0 spiro atoms. The number of amides is 1. The minimum absolute atomic E-state index is 0.114. The molecule has 0 unspecified atom stereocenters. The number of non-ortho nitro benzene ring substituents is 1. The zero-order valence-electron chi connectivity index (χ0n) is 14.5. The Morgan fingerprint density at radius 3 is 2.48 bits per heavy atom. The lowest BCUT2D eigenvalue weighted by atomic mass is 10.1. The van der Waals surface area contributed by atoms with Crippen LogP contribution in [0.15, 0.2) is 42.5 Å². The molecule has 0 radical (unpaired) electrons. The van der Waals surface area contributed by atoms with E-state index in [0.717, 1.165) is 11.3 Å². The van der Waals surface area contributed by atoms with Gasteiger partial charge in [0, 0.05) is 38.5 Å². The van der Waals surface area contributed by atoms with Gasteiger partial charge in [0.1, 0.15) is 5.75 Å². The smallest absolute Gasteiger partial charge is 0.270 e. The highest BCUT2D eigenvalue weighted by Crippen LogP contribution is 2.24. The normalized spacial score (nSPS) is 10.2. The maximum absolute atomic E-state index is 12.7. The predicted molar refractivity (Wildman–Crippen MR) is 96.1 cm³/mol. The number of nitrogens with one attached hydrogen (secondary N) is 1. The molecule has 0 atom stereocenters. The van der Waals surface area contributed by atoms with Crippen molar-refractivity contribution in [3.8, 4) is 5.75 Å². The van der Waals surface area contributed by atoms with Crippen LogP contribution in [0, 0.1) is 10.1 Å². The number of hydrogen-bond acceptors (Lipinski definition) is 5. The first-order chi connectivity index (χ1) is 12.0. The van der Waals surface area contributed by atoms with Crippen LogP contribution in [0.2, 0.25) is 0 Å². The van der Waals surface area contributed by atoms with Crippen molar-refractivity contribution in [1.29, 1.82) is 0 Å². The Labute approximate surface area is 146 Å². The second-order valence-electron chi connectivity index (χ2n) is 5.48. The largest absolute Gasteiger partial charge is 0.494 e. The lowest BCUT2D eigenvalue weighted by molar-refractivity contribution is -0.384. The number of rotatable bonds is 7. The van der Waals surface area contributed by atoms with Crippen LogP contribution in [-0.2, 0) is 6.54 Å². The predicted octanol–water partition coefficient (Wildman–Crippen LogP) is 3.31. The molecule has 0 aliphatic heterocycles. The molecule has 2 aromatic rings. The van der Waals surface area contributed by atoms with Gasteiger partial charge in [0.15, 0.2) is 0 Å². The van der Waals surface area contributed by atoms with Crippen molar-refractivity contribution in [3.63, 3.8) is 0 Å². The minimum Gasteiger partial charge on any atom is -0.494 e. The number of nitrogens with zero attached hydrogens (tertiary/aromatic N) is 2. The van der Waals surface area contributed by atoms with E-state index >= 15 is 0 Å². The first-order valence-electron chi connectivity index (χ1n) is 7.89. The second-order valence-corrected chi connectivity index (χ2v) is 5.48. The summed E-state index contributed by atoms with van der Waals surface area (Å²) in [6.45, 7) is 2.90. The number of nitro benzene ring substituents is 1. The SMILES string of the molecule is CCOc1ccc(CN(C)C(=O)c2cc([N+](=O)[O-])ccc2NC)cc1. The van der Waals surface area contributed by atoms with E-state index in [4.69, 9.17) is 4.74 Å². The number of carbonyl (C=O) groups is 1. The molecule has 0 heterocycles. The van der Waals surface area contributed by atoms with Gasteiger partial charge in [-0.25, -0.2) is 0 Å². The standard InChI is InChI=1S/C18H21N3O4/c1-4-25-15-8-5-13(6-9-15)12-20(3)18(22)16-11-14(21(23)24)7-10-17(16)19-2/h5-11,19H,4,12H2,1-3H3. The summed E-state index contributed by atoms with van der Waals surface area (Å²) < 4.78 is 5.40. The van der Waals surface area contributed by atoms with Crippen LogP contribution in [-0.4, -0.2) is 36.4 Å². The molecular weight excluding hydrogens is 322 g/mol. The van der Waals surface area contributed by atoms with Crippen molar-refractivity contribution in [2.24, 2.45) is 0 Å². The van der Waals surface area contributed by atoms with Gasteiger partial charge in [0.25, 0.3) is 11.6 Å². The van der Waals surface area contributed by atoms with E-state index in [-0.39, 0.29) is 17.2 Å². The molecule has 0 aromatic heterocycles. The second kappa shape index (κ2) is 8.14. The lowest BCUT2D eigenvalue weighted by Gasteiger charge is -2.19. The topological polar surface area (TPSA) is 84.7 Å². The molecule has 1 amide bonds. The van der Waals surface area contributed by atoms with E-state index in [1.54, 1.807) is 14.1 Å². The fourth-order valence-corrected chi connectivity index (χ4v) is 2.45. The fourth-order valence-electron chi connectivity index (χ4n) is 2.45. The highest BCUT2D eigenvalue weighted by Gasteiger charge is 2.19. The average molecular weight is 343 g/mol. The number of carbonyl (C=O) groups excluding carboxylic acids is 1. The van der Waals surface area contributed by atoms with E-state index < -0.39 is 4.92 Å². The van der Waals surface area contributed by atoms with Gasteiger partial charge < -0.3 is 15.0 Å². The Morgan fingerprint density at radius 2 is 1.92 bits per heavy atom. The number of nitro groups is 1. The van der Waals surface area contributed by atoms with Crippen LogP contribution >= 0.6 is 0 Å². The van der Waals surface area contributed by atoms with E-state index in [1.807, 2.05) is 31.2 Å². The van der Waals surface area contributed by atoms with Crippen molar-refractivity contribution < 1.29 is 14.5 Å². The molecule has 1 N–H and O–H groups in total. The monoisotopic (exact) mass is 343 g/mol. The molecule has 7 nitrogen and oxygen atoms in total. The van der Waals surface area contributed by atoms with Crippen LogP contribution in [0.5, 0.6) is 5.75 Å². The van der Waals surface area contributed by atoms with E-state index in [0.29, 0.717) is 18.8 Å². The van der Waals surface area contributed by atoms with Gasteiger partial charge in [-0.2, -0.15) is 0 Å². The van der Waals surface area contributed by atoms with Gasteiger partial charge in [-0.3, -0.25) is 14.9 Å². The minimum atomic E-state index is -0.511. The molecule has 0 fully saturated rings. The summed E-state index contributed by atoms with van der Waals surface area (Å²) >= 11 is 0. The fraction of sp³-hybridized carbons (Fsp3) is 0.278. The van der Waals surface area contributed by atoms with Crippen molar-refractivity contribution in [3.05, 3.63) is 63.7 Å². The van der Waals surface area contributed by atoms with Crippen molar-refractivity contribution in [1.82, 2.24) is 4.90 Å². The maximum Gasteiger partial charge on any atom is 0.270 e. The molecule has 0 aliphatic carbocycles. The van der Waals surface area contributed by atoms with Crippen LogP contribution in [0.25, 0.3) is 0 Å². The lowest BCUT2D eigenvalue weighted by Crippen LogP contribution is -2.27. The summed E-state index contributed by atoms with van der Waals surface area (Å²) in [5.74, 6) is 0.485. The molecule has 25 heavy (non-hydrogen) atoms. The highest BCUT2D eigenvalue weighted by atomic mass is 16.6. The molecule has 0 bridgehead atoms. The van der Waals surface area contributed by atoms with E-state index in [1.165, 1.54) is 23.1 Å². The molecule has 0 aliphatic rings. The Morgan fingerprint density at radius 1 is 1.24 bits per heavy atom. The summed E-state index contributed by atoms with van der Waals surface area (Å²) in [6.07, 6.45) is 0. The number of anilines is 1. The summed E-state index contributed by atoms with van der Waals surface area (Å²) in [5, 5.41) is 13.9. The van der Waals surface area contributed by atoms with E-state index in [2.05, 4.69) is 5.32 Å². The van der Waals surface area contributed by atoms with Gasteiger partial charge in [-0.1, -0.05) is 12.1 Å². The number of benzene rings is 2. The summed E-state index contributed by atoms with van der Waals surface area (Å²) in [4.78, 5) is 24.7. The van der Waals surface area contributed by atoms with Crippen molar-refractivity contribution >= 4 is 17.3 Å². The third-order valence-corrected chi connectivity index (χ3v) is 3.71. The average Bonchev–Trinajstić information content (AvgIpc) is 2.62. The summed E-state index contributed by atoms with van der Waals surface area (Å²) in [6, 6.07) is 11.7. The zero-order valence-corrected chi connectivity index (χ0v) is 14.5. The highest BCUT2D eigenvalue weighted by molar-refractivity contribution is 6.00. The molecular formula is C18H21N3O4. The van der Waals surface area contributed by atoms with E-state index in [9.17, 15) is 14.9 Å². The van der Waals surface area contributed by atoms with Crippen LogP contribution < -0.4 is 10.1 Å². The van der Waals surface area contributed by atoms with Crippen molar-refractivity contribution in [2.45, 2.75) is 13.5 Å². The third kappa shape index (κ3) is 4.47. The molecule has 0 saturated carbocycles. The van der Waals surface area contributed by atoms with Gasteiger partial charge >= 0.3 is 0 Å². The van der Waals surface area contributed by atoms with Gasteiger partial charge in [0.05, 0.1) is 17.1 Å². The quantitative estimate of drug-likeness (QED) is 0.616.